The van der Waals surface area contributed by atoms with Crippen molar-refractivity contribution < 1.29 is 0 Å². The molecule has 0 aromatic heterocycles. The van der Waals surface area contributed by atoms with Crippen molar-refractivity contribution in [1.29, 1.82) is 0 Å². The Labute approximate surface area is 84.8 Å². The standard InChI is InChI=1S/C10H18N2S/c1-7-6-13-10(11-7)8-4-9(5-8)12(2)3/h7-9H,4-6H2,1-3H3. The number of thioether (sulfide) groups is 1. The van der Waals surface area contributed by atoms with Gasteiger partial charge in [0.05, 0.1) is 11.1 Å². The zero-order valence-electron chi connectivity index (χ0n) is 8.66. The topological polar surface area (TPSA) is 15.6 Å². The normalized spacial score (nSPS) is 39.1. The Bertz CT molecular complexity index is 219. The average molecular weight is 198 g/mol. The van der Waals surface area contributed by atoms with Gasteiger partial charge in [0.15, 0.2) is 0 Å². The van der Waals surface area contributed by atoms with Gasteiger partial charge in [0.1, 0.15) is 0 Å². The summed E-state index contributed by atoms with van der Waals surface area (Å²) in [5, 5.41) is 1.44. The van der Waals surface area contributed by atoms with Gasteiger partial charge in [-0.3, -0.25) is 4.99 Å². The molecule has 1 saturated carbocycles. The Hall–Kier alpha value is -0.0200. The van der Waals surface area contributed by atoms with E-state index >= 15 is 0 Å². The highest BCUT2D eigenvalue weighted by Gasteiger charge is 2.35. The van der Waals surface area contributed by atoms with Crippen LogP contribution in [0.5, 0.6) is 0 Å². The monoisotopic (exact) mass is 198 g/mol. The third-order valence-electron chi connectivity index (χ3n) is 3.01. The number of nitrogens with zero attached hydrogens (tertiary/aromatic N) is 2. The van der Waals surface area contributed by atoms with Gasteiger partial charge >= 0.3 is 0 Å². The number of hydrogen-bond donors (Lipinski definition) is 0. The fourth-order valence-electron chi connectivity index (χ4n) is 1.93. The second-order valence-electron chi connectivity index (χ2n) is 4.41. The predicted molar refractivity (Wildman–Crippen MR) is 59.6 cm³/mol. The quantitative estimate of drug-likeness (QED) is 0.673. The van der Waals surface area contributed by atoms with Crippen LogP contribution in [0.15, 0.2) is 4.99 Å². The summed E-state index contributed by atoms with van der Waals surface area (Å²) in [5.41, 5.74) is 0. The maximum atomic E-state index is 4.67. The maximum absolute atomic E-state index is 4.67. The zero-order chi connectivity index (χ0) is 9.42. The van der Waals surface area contributed by atoms with Crippen LogP contribution in [0.4, 0.5) is 0 Å². The van der Waals surface area contributed by atoms with E-state index in [2.05, 4.69) is 30.9 Å². The first-order chi connectivity index (χ1) is 6.16. The van der Waals surface area contributed by atoms with Gasteiger partial charge in [0.2, 0.25) is 0 Å². The van der Waals surface area contributed by atoms with Crippen molar-refractivity contribution in [3.63, 3.8) is 0 Å². The summed E-state index contributed by atoms with van der Waals surface area (Å²) in [6.07, 6.45) is 2.65. The molecule has 2 nitrogen and oxygen atoms in total. The molecule has 3 heteroatoms. The zero-order valence-corrected chi connectivity index (χ0v) is 9.47. The summed E-state index contributed by atoms with van der Waals surface area (Å²) in [6.45, 7) is 2.21. The van der Waals surface area contributed by atoms with Crippen LogP contribution in [0, 0.1) is 5.92 Å². The summed E-state index contributed by atoms with van der Waals surface area (Å²) in [5.74, 6) is 2.00. The van der Waals surface area contributed by atoms with Crippen molar-refractivity contribution in [2.24, 2.45) is 10.9 Å². The van der Waals surface area contributed by atoms with E-state index in [-0.39, 0.29) is 0 Å². The van der Waals surface area contributed by atoms with Crippen LogP contribution in [-0.2, 0) is 0 Å². The molecule has 0 radical (unpaired) electrons. The van der Waals surface area contributed by atoms with E-state index in [0.717, 1.165) is 12.0 Å². The molecule has 2 rings (SSSR count). The summed E-state index contributed by atoms with van der Waals surface area (Å²) in [4.78, 5) is 7.00. The Morgan fingerprint density at radius 1 is 1.38 bits per heavy atom. The van der Waals surface area contributed by atoms with Gasteiger partial charge in [-0.25, -0.2) is 0 Å². The molecule has 0 bridgehead atoms. The van der Waals surface area contributed by atoms with E-state index < -0.39 is 0 Å². The van der Waals surface area contributed by atoms with E-state index in [1.54, 1.807) is 0 Å². The third kappa shape index (κ3) is 1.91. The molecule has 1 unspecified atom stereocenters. The third-order valence-corrected chi connectivity index (χ3v) is 4.40. The maximum Gasteiger partial charge on any atom is 0.0712 e. The molecular weight excluding hydrogens is 180 g/mol. The van der Waals surface area contributed by atoms with Crippen molar-refractivity contribution in [1.82, 2.24) is 4.90 Å². The molecular formula is C10H18N2S. The molecule has 0 N–H and O–H groups in total. The lowest BCUT2D eigenvalue weighted by atomic mass is 9.80. The SMILES string of the molecule is CC1CSC(C2CC(N(C)C)C2)=N1. The van der Waals surface area contributed by atoms with E-state index in [0.29, 0.717) is 6.04 Å². The minimum Gasteiger partial charge on any atom is -0.306 e. The van der Waals surface area contributed by atoms with Crippen LogP contribution in [0.3, 0.4) is 0 Å². The Balaban J connectivity index is 1.83. The summed E-state index contributed by atoms with van der Waals surface area (Å²) >= 11 is 1.98. The molecule has 1 aliphatic carbocycles. The fraction of sp³-hybridized carbons (Fsp3) is 0.900. The second-order valence-corrected chi connectivity index (χ2v) is 5.45. The van der Waals surface area contributed by atoms with Crippen molar-refractivity contribution in [2.45, 2.75) is 31.8 Å². The van der Waals surface area contributed by atoms with E-state index in [9.17, 15) is 0 Å². The predicted octanol–water partition coefficient (Wildman–Crippen LogP) is 1.86. The lowest BCUT2D eigenvalue weighted by Crippen LogP contribution is -2.42. The minimum atomic E-state index is 0.568. The minimum absolute atomic E-state index is 0.568. The summed E-state index contributed by atoms with van der Waals surface area (Å²) in [6, 6.07) is 1.38. The first-order valence-corrected chi connectivity index (χ1v) is 6.02. The number of hydrogen-bond acceptors (Lipinski definition) is 3. The highest BCUT2D eigenvalue weighted by atomic mass is 32.2. The van der Waals surface area contributed by atoms with Crippen LogP contribution in [0.25, 0.3) is 0 Å². The highest BCUT2D eigenvalue weighted by molar-refractivity contribution is 8.14. The molecule has 74 valence electrons. The van der Waals surface area contributed by atoms with Gasteiger partial charge in [-0.2, -0.15) is 0 Å². The molecule has 1 atom stereocenters. The van der Waals surface area contributed by atoms with Crippen molar-refractivity contribution in [2.75, 3.05) is 19.8 Å². The molecule has 13 heavy (non-hydrogen) atoms. The van der Waals surface area contributed by atoms with Crippen LogP contribution < -0.4 is 0 Å². The molecule has 1 aliphatic heterocycles. The fourth-order valence-corrected chi connectivity index (χ4v) is 3.10. The van der Waals surface area contributed by atoms with Gasteiger partial charge in [-0.1, -0.05) is 0 Å². The van der Waals surface area contributed by atoms with Gasteiger partial charge < -0.3 is 4.90 Å². The summed E-state index contributed by atoms with van der Waals surface area (Å²) < 4.78 is 0. The Kier molecular flexibility index (Phi) is 2.65. The Morgan fingerprint density at radius 3 is 2.54 bits per heavy atom. The highest BCUT2D eigenvalue weighted by Crippen LogP contribution is 2.37. The smallest absolute Gasteiger partial charge is 0.0712 e. The van der Waals surface area contributed by atoms with Crippen molar-refractivity contribution in [3.05, 3.63) is 0 Å². The van der Waals surface area contributed by atoms with E-state index in [1.807, 2.05) is 11.8 Å². The number of rotatable bonds is 2. The lowest BCUT2D eigenvalue weighted by molar-refractivity contribution is 0.163. The molecule has 0 aromatic carbocycles. The van der Waals surface area contributed by atoms with Crippen LogP contribution >= 0.6 is 11.8 Å². The molecule has 0 spiro atoms. The van der Waals surface area contributed by atoms with Gasteiger partial charge in [0, 0.05) is 17.7 Å². The van der Waals surface area contributed by atoms with Gasteiger partial charge in [-0.05, 0) is 33.9 Å². The molecule has 0 aromatic rings. The van der Waals surface area contributed by atoms with E-state index in [4.69, 9.17) is 0 Å². The van der Waals surface area contributed by atoms with Crippen LogP contribution in [-0.4, -0.2) is 41.9 Å². The molecule has 0 amide bonds. The van der Waals surface area contributed by atoms with Crippen LogP contribution in [0.2, 0.25) is 0 Å². The Morgan fingerprint density at radius 2 is 2.08 bits per heavy atom. The molecule has 2 aliphatic rings. The largest absolute Gasteiger partial charge is 0.306 e. The first-order valence-electron chi connectivity index (χ1n) is 5.03. The first kappa shape index (κ1) is 9.53. The molecule has 1 heterocycles. The molecule has 0 saturated heterocycles. The number of aliphatic imine (C=N–C) groups is 1. The molecule has 1 fully saturated rings. The average Bonchev–Trinajstić information content (AvgIpc) is 2.31. The second kappa shape index (κ2) is 3.62. The van der Waals surface area contributed by atoms with Crippen molar-refractivity contribution >= 4 is 16.8 Å². The summed E-state index contributed by atoms with van der Waals surface area (Å²) in [7, 11) is 4.35. The van der Waals surface area contributed by atoms with Crippen LogP contribution in [0.1, 0.15) is 19.8 Å². The van der Waals surface area contributed by atoms with E-state index in [1.165, 1.54) is 23.6 Å². The van der Waals surface area contributed by atoms with Gasteiger partial charge in [-0.15, -0.1) is 11.8 Å². The lowest BCUT2D eigenvalue weighted by Gasteiger charge is -2.39. The van der Waals surface area contributed by atoms with Crippen molar-refractivity contribution in [3.8, 4) is 0 Å². The van der Waals surface area contributed by atoms with Gasteiger partial charge in [0.25, 0.3) is 0 Å².